The topological polar surface area (TPSA) is 96.0 Å². The summed E-state index contributed by atoms with van der Waals surface area (Å²) in [6.45, 7) is 5.49. The Morgan fingerprint density at radius 3 is 2.40 bits per heavy atom. The standard InChI is InChI=1S/C30H36ClN3O5S/c1-5-6-17-32-30(36)23(3)33(20-24-11-10-12-26(18-24)39-4)29(35)21-34(25-16-15-22(2)28(31)19-25)40(37,38)27-13-8-7-9-14-27/h7-16,18-19,23H,5-6,17,20-21H2,1-4H3,(H,32,36). The van der Waals surface area contributed by atoms with Gasteiger partial charge in [-0.2, -0.15) is 0 Å². The third kappa shape index (κ3) is 7.76. The number of carbonyl (C=O) groups excluding carboxylic acids is 2. The molecule has 1 unspecified atom stereocenters. The zero-order chi connectivity index (χ0) is 29.3. The van der Waals surface area contributed by atoms with Crippen LogP contribution in [0.5, 0.6) is 5.75 Å². The van der Waals surface area contributed by atoms with Crippen LogP contribution in [0.4, 0.5) is 5.69 Å². The average molecular weight is 586 g/mol. The maximum absolute atomic E-state index is 14.0. The van der Waals surface area contributed by atoms with Gasteiger partial charge < -0.3 is 15.0 Å². The number of halogens is 1. The Bertz CT molecular complexity index is 1420. The Balaban J connectivity index is 2.02. The van der Waals surface area contributed by atoms with Gasteiger partial charge in [-0.25, -0.2) is 8.42 Å². The maximum Gasteiger partial charge on any atom is 0.264 e. The predicted molar refractivity (Wildman–Crippen MR) is 158 cm³/mol. The van der Waals surface area contributed by atoms with Crippen LogP contribution in [0.3, 0.4) is 0 Å². The lowest BCUT2D eigenvalue weighted by molar-refractivity contribution is -0.139. The minimum absolute atomic E-state index is 0.0317. The number of amides is 2. The van der Waals surface area contributed by atoms with E-state index in [2.05, 4.69) is 5.32 Å². The number of sulfonamides is 1. The van der Waals surface area contributed by atoms with E-state index >= 15 is 0 Å². The van der Waals surface area contributed by atoms with Crippen molar-refractivity contribution >= 4 is 39.1 Å². The number of carbonyl (C=O) groups is 2. The normalized spacial score (nSPS) is 11.9. The van der Waals surface area contributed by atoms with E-state index in [1.807, 2.05) is 19.9 Å². The van der Waals surface area contributed by atoms with E-state index in [1.165, 1.54) is 23.1 Å². The summed E-state index contributed by atoms with van der Waals surface area (Å²) in [4.78, 5) is 28.4. The van der Waals surface area contributed by atoms with Gasteiger partial charge in [0.1, 0.15) is 18.3 Å². The van der Waals surface area contributed by atoms with Crippen molar-refractivity contribution in [3.63, 3.8) is 0 Å². The first kappa shape index (κ1) is 31.0. The molecule has 8 nitrogen and oxygen atoms in total. The summed E-state index contributed by atoms with van der Waals surface area (Å²) < 4.78 is 34.0. The van der Waals surface area contributed by atoms with Gasteiger partial charge in [0.2, 0.25) is 11.8 Å². The zero-order valence-corrected chi connectivity index (χ0v) is 24.8. The molecule has 0 fully saturated rings. The molecule has 3 rings (SSSR count). The largest absolute Gasteiger partial charge is 0.497 e. The lowest BCUT2D eigenvalue weighted by Gasteiger charge is -2.32. The molecule has 0 saturated carbocycles. The second-order valence-corrected chi connectivity index (χ2v) is 11.7. The molecule has 0 aliphatic rings. The molecular formula is C30H36ClN3O5S. The van der Waals surface area contributed by atoms with Crippen LogP contribution in [-0.4, -0.2) is 51.4 Å². The minimum Gasteiger partial charge on any atom is -0.497 e. The van der Waals surface area contributed by atoms with Crippen LogP contribution in [0.1, 0.15) is 37.8 Å². The third-order valence-electron chi connectivity index (χ3n) is 6.54. The molecule has 2 amide bonds. The molecular weight excluding hydrogens is 550 g/mol. The fourth-order valence-electron chi connectivity index (χ4n) is 4.07. The molecule has 10 heteroatoms. The van der Waals surface area contributed by atoms with Crippen LogP contribution in [0.25, 0.3) is 0 Å². The molecule has 1 N–H and O–H groups in total. The predicted octanol–water partition coefficient (Wildman–Crippen LogP) is 5.19. The molecule has 214 valence electrons. The molecule has 0 aliphatic heterocycles. The summed E-state index contributed by atoms with van der Waals surface area (Å²) >= 11 is 6.36. The van der Waals surface area contributed by atoms with Crippen molar-refractivity contribution in [2.24, 2.45) is 0 Å². The van der Waals surface area contributed by atoms with Crippen molar-refractivity contribution < 1.29 is 22.7 Å². The number of nitrogens with one attached hydrogen (secondary N) is 1. The van der Waals surface area contributed by atoms with E-state index in [0.29, 0.717) is 17.3 Å². The Kier molecular flexibility index (Phi) is 11.0. The van der Waals surface area contributed by atoms with Crippen molar-refractivity contribution in [2.75, 3.05) is 24.5 Å². The minimum atomic E-state index is -4.15. The van der Waals surface area contributed by atoms with Crippen LogP contribution in [-0.2, 0) is 26.2 Å². The van der Waals surface area contributed by atoms with Crippen molar-refractivity contribution in [3.05, 3.63) is 88.9 Å². The smallest absolute Gasteiger partial charge is 0.264 e. The Morgan fingerprint density at radius 2 is 1.75 bits per heavy atom. The van der Waals surface area contributed by atoms with Crippen LogP contribution in [0.15, 0.2) is 77.7 Å². The lowest BCUT2D eigenvalue weighted by atomic mass is 10.1. The monoisotopic (exact) mass is 585 g/mol. The molecule has 0 aromatic heterocycles. The van der Waals surface area contributed by atoms with Gasteiger partial charge >= 0.3 is 0 Å². The molecule has 0 saturated heterocycles. The summed E-state index contributed by atoms with van der Waals surface area (Å²) in [5.74, 6) is -0.259. The number of methoxy groups -OCH3 is 1. The van der Waals surface area contributed by atoms with Gasteiger partial charge in [-0.15, -0.1) is 0 Å². The molecule has 0 heterocycles. The zero-order valence-electron chi connectivity index (χ0n) is 23.3. The first-order valence-electron chi connectivity index (χ1n) is 13.1. The fraction of sp³-hybridized carbons (Fsp3) is 0.333. The molecule has 0 aliphatic carbocycles. The Hall–Kier alpha value is -3.56. The van der Waals surface area contributed by atoms with E-state index in [9.17, 15) is 18.0 Å². The van der Waals surface area contributed by atoms with Crippen LogP contribution in [0.2, 0.25) is 5.02 Å². The fourth-order valence-corrected chi connectivity index (χ4v) is 5.67. The number of rotatable bonds is 13. The first-order valence-corrected chi connectivity index (χ1v) is 14.9. The number of hydrogen-bond acceptors (Lipinski definition) is 5. The lowest BCUT2D eigenvalue weighted by Crippen LogP contribution is -2.51. The van der Waals surface area contributed by atoms with Crippen LogP contribution >= 0.6 is 11.6 Å². The van der Waals surface area contributed by atoms with Gasteiger partial charge in [0, 0.05) is 18.1 Å². The SMILES string of the molecule is CCCCNC(=O)C(C)N(Cc1cccc(OC)c1)C(=O)CN(c1ccc(C)c(Cl)c1)S(=O)(=O)c1ccccc1. The Labute approximate surface area is 241 Å². The maximum atomic E-state index is 14.0. The molecule has 1 atom stereocenters. The number of hydrogen-bond donors (Lipinski definition) is 1. The quantitative estimate of drug-likeness (QED) is 0.279. The van der Waals surface area contributed by atoms with E-state index in [-0.39, 0.29) is 23.0 Å². The van der Waals surface area contributed by atoms with Gasteiger partial charge in [0.15, 0.2) is 0 Å². The average Bonchev–Trinajstić information content (AvgIpc) is 2.96. The van der Waals surface area contributed by atoms with Crippen molar-refractivity contribution in [1.29, 1.82) is 0 Å². The Morgan fingerprint density at radius 1 is 1.02 bits per heavy atom. The molecule has 40 heavy (non-hydrogen) atoms. The highest BCUT2D eigenvalue weighted by Crippen LogP contribution is 2.28. The van der Waals surface area contributed by atoms with Crippen molar-refractivity contribution in [3.8, 4) is 5.75 Å². The van der Waals surface area contributed by atoms with Gasteiger partial charge in [0.25, 0.3) is 10.0 Å². The molecule has 0 radical (unpaired) electrons. The highest BCUT2D eigenvalue weighted by molar-refractivity contribution is 7.92. The summed E-state index contributed by atoms with van der Waals surface area (Å²) in [5.41, 5.74) is 1.75. The van der Waals surface area contributed by atoms with E-state index in [4.69, 9.17) is 16.3 Å². The summed E-state index contributed by atoms with van der Waals surface area (Å²) in [7, 11) is -2.61. The number of ether oxygens (including phenoxy) is 1. The number of unbranched alkanes of at least 4 members (excludes halogenated alkanes) is 1. The molecule has 3 aromatic carbocycles. The first-order chi connectivity index (χ1) is 19.1. The van der Waals surface area contributed by atoms with E-state index in [1.54, 1.807) is 62.6 Å². The number of aryl methyl sites for hydroxylation is 1. The van der Waals surface area contributed by atoms with E-state index < -0.39 is 28.5 Å². The number of benzene rings is 3. The van der Waals surface area contributed by atoms with Crippen molar-refractivity contribution in [1.82, 2.24) is 10.2 Å². The second-order valence-electron chi connectivity index (χ2n) is 9.45. The highest BCUT2D eigenvalue weighted by Gasteiger charge is 2.32. The van der Waals surface area contributed by atoms with Gasteiger partial charge in [-0.1, -0.05) is 61.3 Å². The number of nitrogens with zero attached hydrogens (tertiary/aromatic N) is 2. The van der Waals surface area contributed by atoms with Crippen LogP contribution in [0, 0.1) is 6.92 Å². The molecule has 0 bridgehead atoms. The van der Waals surface area contributed by atoms with Gasteiger partial charge in [-0.05, 0) is 67.8 Å². The molecule has 0 spiro atoms. The second kappa shape index (κ2) is 14.2. The van der Waals surface area contributed by atoms with Crippen LogP contribution < -0.4 is 14.4 Å². The highest BCUT2D eigenvalue weighted by atomic mass is 35.5. The van der Waals surface area contributed by atoms with E-state index in [0.717, 1.165) is 28.3 Å². The van der Waals surface area contributed by atoms with Gasteiger partial charge in [-0.3, -0.25) is 13.9 Å². The van der Waals surface area contributed by atoms with Crippen molar-refractivity contribution in [2.45, 2.75) is 51.1 Å². The third-order valence-corrected chi connectivity index (χ3v) is 8.73. The number of anilines is 1. The summed E-state index contributed by atoms with van der Waals surface area (Å²) in [5, 5.41) is 3.25. The summed E-state index contributed by atoms with van der Waals surface area (Å²) in [6, 6.07) is 19.1. The molecule has 3 aromatic rings. The van der Waals surface area contributed by atoms with Gasteiger partial charge in [0.05, 0.1) is 17.7 Å². The summed E-state index contributed by atoms with van der Waals surface area (Å²) in [6.07, 6.45) is 1.71.